The van der Waals surface area contributed by atoms with Gasteiger partial charge in [0, 0.05) is 11.1 Å². The second-order valence-corrected chi connectivity index (χ2v) is 4.66. The topological polar surface area (TPSA) is 34.3 Å². The summed E-state index contributed by atoms with van der Waals surface area (Å²) in [6.07, 6.45) is 5.81. The summed E-state index contributed by atoms with van der Waals surface area (Å²) in [5, 5.41) is 0. The molecule has 0 aromatic rings. The highest BCUT2D eigenvalue weighted by atomic mass is 35.5. The number of hydrogen-bond donors (Lipinski definition) is 0. The highest BCUT2D eigenvalue weighted by Crippen LogP contribution is 2.27. The SMILES string of the molecule is ClC=CCC(OC(CC=CCl)C1CO1)C1CO1. The highest BCUT2D eigenvalue weighted by molar-refractivity contribution is 6.25. The number of halogens is 2. The fraction of sp³-hybridized carbons (Fsp3) is 0.667. The first-order chi connectivity index (χ1) is 8.35. The average Bonchev–Trinajstić information content (AvgIpc) is 3.18. The largest absolute Gasteiger partial charge is 0.370 e. The van der Waals surface area contributed by atoms with Crippen molar-refractivity contribution < 1.29 is 14.2 Å². The average molecular weight is 279 g/mol. The van der Waals surface area contributed by atoms with Crippen LogP contribution in [-0.2, 0) is 14.2 Å². The highest BCUT2D eigenvalue weighted by Gasteiger charge is 2.39. The quantitative estimate of drug-likeness (QED) is 0.641. The lowest BCUT2D eigenvalue weighted by molar-refractivity contribution is -0.0344. The molecule has 0 radical (unpaired) electrons. The molecule has 0 bridgehead atoms. The van der Waals surface area contributed by atoms with Gasteiger partial charge in [0.25, 0.3) is 0 Å². The monoisotopic (exact) mass is 278 g/mol. The lowest BCUT2D eigenvalue weighted by Crippen LogP contribution is -2.29. The van der Waals surface area contributed by atoms with Gasteiger partial charge in [0.1, 0.15) is 12.2 Å². The first-order valence-electron chi connectivity index (χ1n) is 5.74. The molecule has 5 heteroatoms. The fourth-order valence-corrected chi connectivity index (χ4v) is 1.93. The van der Waals surface area contributed by atoms with Crippen molar-refractivity contribution in [3.05, 3.63) is 23.2 Å². The predicted octanol–water partition coefficient (Wildman–Crippen LogP) is 2.82. The molecule has 0 aromatic heterocycles. The molecule has 96 valence electrons. The van der Waals surface area contributed by atoms with Crippen LogP contribution in [0.2, 0.25) is 0 Å². The summed E-state index contributed by atoms with van der Waals surface area (Å²) in [6.45, 7) is 1.54. The molecule has 2 aliphatic rings. The van der Waals surface area contributed by atoms with Crippen molar-refractivity contribution >= 4 is 23.2 Å². The van der Waals surface area contributed by atoms with Gasteiger partial charge < -0.3 is 14.2 Å². The van der Waals surface area contributed by atoms with Gasteiger partial charge in [0.2, 0.25) is 0 Å². The molecule has 2 rings (SSSR count). The summed E-state index contributed by atoms with van der Waals surface area (Å²) >= 11 is 11.1. The van der Waals surface area contributed by atoms with Crippen molar-refractivity contribution in [1.82, 2.24) is 0 Å². The predicted molar refractivity (Wildman–Crippen MR) is 67.4 cm³/mol. The van der Waals surface area contributed by atoms with E-state index in [0.29, 0.717) is 0 Å². The van der Waals surface area contributed by atoms with E-state index in [2.05, 4.69) is 0 Å². The summed E-state index contributed by atoms with van der Waals surface area (Å²) in [5.41, 5.74) is 3.03. The lowest BCUT2D eigenvalue weighted by Gasteiger charge is -2.21. The number of rotatable bonds is 8. The first-order valence-corrected chi connectivity index (χ1v) is 6.61. The molecule has 0 spiro atoms. The molecule has 4 unspecified atom stereocenters. The lowest BCUT2D eigenvalue weighted by atomic mass is 10.1. The molecular weight excluding hydrogens is 263 g/mol. The maximum Gasteiger partial charge on any atom is 0.107 e. The summed E-state index contributed by atoms with van der Waals surface area (Å²) in [6, 6.07) is 0. The van der Waals surface area contributed by atoms with Crippen molar-refractivity contribution in [3.8, 4) is 0 Å². The molecule has 0 aromatic carbocycles. The van der Waals surface area contributed by atoms with Crippen LogP contribution in [0.4, 0.5) is 0 Å². The van der Waals surface area contributed by atoms with E-state index >= 15 is 0 Å². The van der Waals surface area contributed by atoms with Crippen LogP contribution in [0.25, 0.3) is 0 Å². The Kier molecular flexibility index (Phi) is 5.32. The maximum absolute atomic E-state index is 6.03. The Morgan fingerprint density at radius 3 is 1.71 bits per heavy atom. The molecule has 0 aliphatic carbocycles. The van der Waals surface area contributed by atoms with Gasteiger partial charge in [-0.2, -0.15) is 0 Å². The minimum atomic E-state index is 0.0583. The van der Waals surface area contributed by atoms with Gasteiger partial charge in [-0.15, -0.1) is 0 Å². The first kappa shape index (κ1) is 13.4. The molecule has 0 N–H and O–H groups in total. The van der Waals surface area contributed by atoms with E-state index < -0.39 is 0 Å². The van der Waals surface area contributed by atoms with Crippen molar-refractivity contribution in [3.63, 3.8) is 0 Å². The summed E-state index contributed by atoms with van der Waals surface area (Å²) in [5.74, 6) is 0. The summed E-state index contributed by atoms with van der Waals surface area (Å²) < 4.78 is 16.6. The standard InChI is InChI=1S/C12H16Cl2O3/c13-5-1-3-9(11-7-15-11)17-10(4-2-6-14)12-8-16-12/h1-2,5-6,9-12H,3-4,7-8H2. The third-order valence-corrected chi connectivity index (χ3v) is 3.17. The molecule has 2 heterocycles. The number of epoxide rings is 2. The Morgan fingerprint density at radius 2 is 1.41 bits per heavy atom. The van der Waals surface area contributed by atoms with Gasteiger partial charge in [-0.1, -0.05) is 35.4 Å². The molecule has 4 atom stereocenters. The zero-order chi connectivity index (χ0) is 12.1. The molecule has 3 nitrogen and oxygen atoms in total. The van der Waals surface area contributed by atoms with Crippen LogP contribution < -0.4 is 0 Å². The summed E-state index contributed by atoms with van der Waals surface area (Å²) in [7, 11) is 0. The minimum absolute atomic E-state index is 0.0583. The van der Waals surface area contributed by atoms with E-state index in [1.807, 2.05) is 12.2 Å². The number of ether oxygens (including phenoxy) is 3. The molecule has 0 saturated carbocycles. The van der Waals surface area contributed by atoms with Crippen LogP contribution in [0, 0.1) is 0 Å². The Hall–Kier alpha value is -0.0600. The zero-order valence-electron chi connectivity index (χ0n) is 9.43. The normalized spacial score (nSPS) is 30.9. The second kappa shape index (κ2) is 6.76. The molecule has 2 fully saturated rings. The van der Waals surface area contributed by atoms with Gasteiger partial charge in [0.05, 0.1) is 25.4 Å². The number of hydrogen-bond acceptors (Lipinski definition) is 3. The Morgan fingerprint density at radius 1 is 1.00 bits per heavy atom. The Balaban J connectivity index is 1.84. The van der Waals surface area contributed by atoms with Crippen LogP contribution in [-0.4, -0.2) is 37.6 Å². The van der Waals surface area contributed by atoms with Crippen molar-refractivity contribution in [1.29, 1.82) is 0 Å². The van der Waals surface area contributed by atoms with E-state index in [1.54, 1.807) is 0 Å². The van der Waals surface area contributed by atoms with Crippen LogP contribution in [0.3, 0.4) is 0 Å². The molecule has 0 amide bonds. The summed E-state index contributed by atoms with van der Waals surface area (Å²) in [4.78, 5) is 0. The van der Waals surface area contributed by atoms with E-state index in [4.69, 9.17) is 37.4 Å². The molecular formula is C12H16Cl2O3. The molecule has 2 aliphatic heterocycles. The van der Waals surface area contributed by atoms with Crippen LogP contribution in [0.15, 0.2) is 23.2 Å². The van der Waals surface area contributed by atoms with E-state index in [0.717, 1.165) is 26.1 Å². The Labute approximate surface area is 111 Å². The van der Waals surface area contributed by atoms with Gasteiger partial charge in [-0.05, 0) is 12.8 Å². The van der Waals surface area contributed by atoms with E-state index in [1.165, 1.54) is 11.1 Å². The maximum atomic E-state index is 6.03. The molecule has 17 heavy (non-hydrogen) atoms. The third kappa shape index (κ3) is 4.60. The van der Waals surface area contributed by atoms with Crippen LogP contribution in [0.1, 0.15) is 12.8 Å². The van der Waals surface area contributed by atoms with Gasteiger partial charge >= 0.3 is 0 Å². The second-order valence-electron chi connectivity index (χ2n) is 4.15. The zero-order valence-corrected chi connectivity index (χ0v) is 10.9. The Bertz CT molecular complexity index is 257. The molecule has 2 saturated heterocycles. The van der Waals surface area contributed by atoms with Crippen molar-refractivity contribution in [2.24, 2.45) is 0 Å². The van der Waals surface area contributed by atoms with Gasteiger partial charge in [-0.25, -0.2) is 0 Å². The van der Waals surface area contributed by atoms with Crippen molar-refractivity contribution in [2.45, 2.75) is 37.3 Å². The van der Waals surface area contributed by atoms with Gasteiger partial charge in [-0.3, -0.25) is 0 Å². The minimum Gasteiger partial charge on any atom is -0.370 e. The van der Waals surface area contributed by atoms with Crippen LogP contribution in [0.5, 0.6) is 0 Å². The van der Waals surface area contributed by atoms with E-state index in [-0.39, 0.29) is 24.4 Å². The third-order valence-electron chi connectivity index (χ3n) is 2.81. The van der Waals surface area contributed by atoms with Gasteiger partial charge in [0.15, 0.2) is 0 Å². The fourth-order valence-electron chi connectivity index (χ4n) is 1.73. The van der Waals surface area contributed by atoms with E-state index in [9.17, 15) is 0 Å². The van der Waals surface area contributed by atoms with Crippen molar-refractivity contribution in [2.75, 3.05) is 13.2 Å². The van der Waals surface area contributed by atoms with Crippen LogP contribution >= 0.6 is 23.2 Å². The smallest absolute Gasteiger partial charge is 0.107 e.